The third kappa shape index (κ3) is 3.42. The van der Waals surface area contributed by atoms with Crippen LogP contribution in [0.15, 0.2) is 23.1 Å². The number of aryl methyl sites for hydroxylation is 1. The summed E-state index contributed by atoms with van der Waals surface area (Å²) >= 11 is 5.71. The lowest BCUT2D eigenvalue weighted by Crippen LogP contribution is -2.38. The summed E-state index contributed by atoms with van der Waals surface area (Å²) in [5.41, 5.74) is 0.461. The lowest BCUT2D eigenvalue weighted by Gasteiger charge is -2.12. The van der Waals surface area contributed by atoms with Gasteiger partial charge in [0, 0.05) is 5.02 Å². The van der Waals surface area contributed by atoms with Crippen LogP contribution in [0.4, 0.5) is 0 Å². The maximum absolute atomic E-state index is 11.9. The largest absolute Gasteiger partial charge is 0.480 e. The second-order valence-electron chi connectivity index (χ2n) is 3.59. The van der Waals surface area contributed by atoms with E-state index in [0.717, 1.165) is 0 Å². The van der Waals surface area contributed by atoms with Crippen LogP contribution in [-0.2, 0) is 14.8 Å². The highest BCUT2D eigenvalue weighted by Crippen LogP contribution is 2.19. The molecule has 5 nitrogen and oxygen atoms in total. The second-order valence-corrected chi connectivity index (χ2v) is 5.71. The number of carboxylic acids is 1. The molecule has 0 bridgehead atoms. The number of sulfonamides is 1. The van der Waals surface area contributed by atoms with E-state index in [1.807, 2.05) is 0 Å². The summed E-state index contributed by atoms with van der Waals surface area (Å²) in [6.45, 7) is 2.84. The Labute approximate surface area is 104 Å². The molecule has 0 unspecified atom stereocenters. The molecule has 0 fully saturated rings. The van der Waals surface area contributed by atoms with Gasteiger partial charge in [0.1, 0.15) is 6.04 Å². The van der Waals surface area contributed by atoms with Crippen LogP contribution in [0.5, 0.6) is 0 Å². The summed E-state index contributed by atoms with van der Waals surface area (Å²) in [7, 11) is -3.84. The Morgan fingerprint density at radius 3 is 2.53 bits per heavy atom. The van der Waals surface area contributed by atoms with Crippen LogP contribution in [-0.4, -0.2) is 25.5 Å². The Morgan fingerprint density at radius 2 is 2.06 bits per heavy atom. The van der Waals surface area contributed by atoms with Crippen molar-refractivity contribution in [2.45, 2.75) is 24.8 Å². The van der Waals surface area contributed by atoms with Crippen LogP contribution in [0.1, 0.15) is 12.5 Å². The average Bonchev–Trinajstić information content (AvgIpc) is 2.15. The van der Waals surface area contributed by atoms with Gasteiger partial charge in [0.25, 0.3) is 0 Å². The van der Waals surface area contributed by atoms with Crippen molar-refractivity contribution in [3.8, 4) is 0 Å². The number of halogens is 1. The molecule has 0 aliphatic carbocycles. The molecule has 0 saturated carbocycles. The Kier molecular flexibility index (Phi) is 4.13. The first-order chi connectivity index (χ1) is 7.74. The molecule has 1 rings (SSSR count). The van der Waals surface area contributed by atoms with E-state index in [0.29, 0.717) is 10.6 Å². The van der Waals surface area contributed by atoms with Gasteiger partial charge in [0.05, 0.1) is 4.90 Å². The first-order valence-electron chi connectivity index (χ1n) is 4.75. The number of carbonyl (C=O) groups is 1. The van der Waals surface area contributed by atoms with Gasteiger partial charge in [0.2, 0.25) is 10.0 Å². The van der Waals surface area contributed by atoms with Crippen molar-refractivity contribution >= 4 is 27.6 Å². The lowest BCUT2D eigenvalue weighted by molar-refractivity contribution is -0.138. The van der Waals surface area contributed by atoms with E-state index in [4.69, 9.17) is 16.7 Å². The van der Waals surface area contributed by atoms with Crippen LogP contribution >= 0.6 is 11.6 Å². The molecule has 0 aromatic heterocycles. The normalized spacial score (nSPS) is 13.4. The summed E-state index contributed by atoms with van der Waals surface area (Å²) in [5, 5.41) is 9.08. The van der Waals surface area contributed by atoms with Gasteiger partial charge in [-0.25, -0.2) is 8.42 Å². The van der Waals surface area contributed by atoms with Crippen LogP contribution in [0, 0.1) is 6.92 Å². The molecule has 0 aliphatic rings. The van der Waals surface area contributed by atoms with Gasteiger partial charge in [-0.15, -0.1) is 0 Å². The van der Waals surface area contributed by atoms with Gasteiger partial charge in [0.15, 0.2) is 0 Å². The minimum absolute atomic E-state index is 0.0231. The summed E-state index contributed by atoms with van der Waals surface area (Å²) in [4.78, 5) is 10.6. The predicted molar refractivity (Wildman–Crippen MR) is 63.6 cm³/mol. The molecule has 2 N–H and O–H groups in total. The highest BCUT2D eigenvalue weighted by atomic mass is 35.5. The molecule has 0 amide bonds. The third-order valence-electron chi connectivity index (χ3n) is 2.13. The number of hydrogen-bond acceptors (Lipinski definition) is 3. The zero-order chi connectivity index (χ0) is 13.2. The van der Waals surface area contributed by atoms with Gasteiger partial charge in [-0.3, -0.25) is 4.79 Å². The van der Waals surface area contributed by atoms with Gasteiger partial charge in [-0.1, -0.05) is 11.6 Å². The summed E-state index contributed by atoms with van der Waals surface area (Å²) in [6, 6.07) is 3.10. The molecular weight excluding hydrogens is 266 g/mol. The monoisotopic (exact) mass is 277 g/mol. The first-order valence-corrected chi connectivity index (χ1v) is 6.61. The molecule has 0 saturated heterocycles. The van der Waals surface area contributed by atoms with Crippen molar-refractivity contribution in [1.29, 1.82) is 0 Å². The molecule has 0 aliphatic heterocycles. The highest BCUT2D eigenvalue weighted by Gasteiger charge is 2.22. The molecule has 7 heteroatoms. The summed E-state index contributed by atoms with van der Waals surface area (Å²) in [6.07, 6.45) is 0. The molecule has 17 heavy (non-hydrogen) atoms. The minimum atomic E-state index is -3.84. The zero-order valence-electron chi connectivity index (χ0n) is 9.27. The predicted octanol–water partition coefficient (Wildman–Crippen LogP) is 1.40. The van der Waals surface area contributed by atoms with Crippen LogP contribution in [0.2, 0.25) is 5.02 Å². The van der Waals surface area contributed by atoms with Crippen LogP contribution < -0.4 is 4.72 Å². The van der Waals surface area contributed by atoms with Crippen molar-refractivity contribution in [2.24, 2.45) is 0 Å². The topological polar surface area (TPSA) is 83.5 Å². The third-order valence-corrected chi connectivity index (χ3v) is 4.06. The van der Waals surface area contributed by atoms with Crippen molar-refractivity contribution in [3.05, 3.63) is 28.8 Å². The highest BCUT2D eigenvalue weighted by molar-refractivity contribution is 7.89. The number of aliphatic carboxylic acids is 1. The van der Waals surface area contributed by atoms with E-state index in [2.05, 4.69) is 4.72 Å². The lowest BCUT2D eigenvalue weighted by atomic mass is 10.2. The maximum atomic E-state index is 11.9. The first kappa shape index (κ1) is 14.0. The van der Waals surface area contributed by atoms with E-state index in [1.54, 1.807) is 6.92 Å². The van der Waals surface area contributed by atoms with Gasteiger partial charge < -0.3 is 5.11 Å². The van der Waals surface area contributed by atoms with Crippen molar-refractivity contribution in [2.75, 3.05) is 0 Å². The van der Waals surface area contributed by atoms with Crippen LogP contribution in [0.25, 0.3) is 0 Å². The molecule has 0 spiro atoms. The number of nitrogens with one attached hydrogen (secondary N) is 1. The smallest absolute Gasteiger partial charge is 0.321 e. The molecule has 1 aromatic carbocycles. The van der Waals surface area contributed by atoms with E-state index in [9.17, 15) is 13.2 Å². The number of benzene rings is 1. The molecule has 1 atom stereocenters. The molecule has 1 aromatic rings. The summed E-state index contributed by atoms with van der Waals surface area (Å²) < 4.78 is 25.8. The second kappa shape index (κ2) is 5.03. The average molecular weight is 278 g/mol. The fourth-order valence-corrected chi connectivity index (χ4v) is 2.91. The van der Waals surface area contributed by atoms with E-state index in [-0.39, 0.29) is 4.90 Å². The molecule has 0 radical (unpaired) electrons. The van der Waals surface area contributed by atoms with Crippen molar-refractivity contribution in [1.82, 2.24) is 4.72 Å². The van der Waals surface area contributed by atoms with Crippen molar-refractivity contribution < 1.29 is 18.3 Å². The van der Waals surface area contributed by atoms with E-state index >= 15 is 0 Å². The quantitative estimate of drug-likeness (QED) is 0.871. The molecule has 94 valence electrons. The fourth-order valence-electron chi connectivity index (χ4n) is 1.26. The number of carboxylic acid groups (broad SMARTS) is 1. The fraction of sp³-hybridized carbons (Fsp3) is 0.300. The Balaban J connectivity index is 3.10. The number of hydrogen-bond donors (Lipinski definition) is 2. The minimum Gasteiger partial charge on any atom is -0.480 e. The van der Waals surface area contributed by atoms with Gasteiger partial charge in [-0.2, -0.15) is 4.72 Å². The Morgan fingerprint density at radius 1 is 1.47 bits per heavy atom. The van der Waals surface area contributed by atoms with E-state index in [1.165, 1.54) is 25.1 Å². The standard InChI is InChI=1S/C10H12ClNO4S/c1-6-5-8(11)3-4-9(6)17(15,16)12-7(2)10(13)14/h3-5,7,12H,1-2H3,(H,13,14)/t7-/m1/s1. The SMILES string of the molecule is Cc1cc(Cl)ccc1S(=O)(=O)N[C@H](C)C(=O)O. The molecule has 0 heterocycles. The molecular formula is C10H12ClNO4S. The van der Waals surface area contributed by atoms with Crippen molar-refractivity contribution in [3.63, 3.8) is 0 Å². The summed E-state index contributed by atoms with van der Waals surface area (Å²) in [5.74, 6) is -1.24. The van der Waals surface area contributed by atoms with Gasteiger partial charge in [-0.05, 0) is 37.6 Å². The van der Waals surface area contributed by atoms with Crippen LogP contribution in [0.3, 0.4) is 0 Å². The number of rotatable bonds is 4. The zero-order valence-corrected chi connectivity index (χ0v) is 10.8. The Bertz CT molecular complexity index is 541. The Hall–Kier alpha value is -1.11. The maximum Gasteiger partial charge on any atom is 0.321 e. The van der Waals surface area contributed by atoms with E-state index < -0.39 is 22.0 Å². The van der Waals surface area contributed by atoms with Gasteiger partial charge >= 0.3 is 5.97 Å².